The van der Waals surface area contributed by atoms with E-state index in [-0.39, 0.29) is 5.95 Å². The molecule has 0 saturated carbocycles. The monoisotopic (exact) mass is 483 g/mol. The summed E-state index contributed by atoms with van der Waals surface area (Å²) in [6, 6.07) is 5.43. The zero-order chi connectivity index (χ0) is 23.7. The number of nitrogens with zero attached hydrogens (tertiary/aromatic N) is 5. The van der Waals surface area contributed by atoms with E-state index in [4.69, 9.17) is 20.0 Å². The summed E-state index contributed by atoms with van der Waals surface area (Å²) >= 11 is 1.49. The van der Waals surface area contributed by atoms with E-state index >= 15 is 0 Å². The summed E-state index contributed by atoms with van der Waals surface area (Å²) in [6.07, 6.45) is -0.535. The zero-order valence-electron chi connectivity index (χ0n) is 18.9. The smallest absolute Gasteiger partial charge is 0.430 e. The zero-order valence-corrected chi connectivity index (χ0v) is 19.7. The minimum atomic E-state index is -0.535. The number of fused-ring (bicyclic) bond motifs is 1. The van der Waals surface area contributed by atoms with E-state index in [9.17, 15) is 4.79 Å². The minimum Gasteiger partial charge on any atom is -0.497 e. The summed E-state index contributed by atoms with van der Waals surface area (Å²) < 4.78 is 10.9. The number of ether oxygens (including phenoxy) is 2. The third-order valence-corrected chi connectivity index (χ3v) is 6.54. The highest BCUT2D eigenvalue weighted by atomic mass is 32.1. The number of hydrogen-bond donors (Lipinski definition) is 2. The second-order valence-corrected chi connectivity index (χ2v) is 8.73. The Kier molecular flexibility index (Phi) is 6.07. The van der Waals surface area contributed by atoms with Crippen molar-refractivity contribution in [3.8, 4) is 5.75 Å². The number of aliphatic imine (C=N–C) groups is 1. The van der Waals surface area contributed by atoms with Gasteiger partial charge in [0.25, 0.3) is 0 Å². The van der Waals surface area contributed by atoms with Crippen LogP contribution in [0.5, 0.6) is 5.75 Å². The summed E-state index contributed by atoms with van der Waals surface area (Å²) in [5, 5.41) is 7.30. The lowest BCUT2D eigenvalue weighted by molar-refractivity contribution is -0.0966. The average molecular weight is 484 g/mol. The largest absolute Gasteiger partial charge is 0.497 e. The van der Waals surface area contributed by atoms with Crippen molar-refractivity contribution in [3.05, 3.63) is 34.7 Å². The van der Waals surface area contributed by atoms with Gasteiger partial charge in [0.05, 0.1) is 37.7 Å². The lowest BCUT2D eigenvalue weighted by atomic mass is 10.2. The van der Waals surface area contributed by atoms with E-state index in [1.807, 2.05) is 18.4 Å². The van der Waals surface area contributed by atoms with Crippen molar-refractivity contribution in [2.75, 3.05) is 62.4 Å². The quantitative estimate of drug-likeness (QED) is 0.563. The summed E-state index contributed by atoms with van der Waals surface area (Å²) in [4.78, 5) is 34.2. The standard InChI is InChI=1S/C22H25N7O4S/c1-13-11-14(31-2)3-4-16(13)25-22(30)33-29-8-6-28(7-9-29)18-17-15(19-24-5-10-32-19)12-34-20(17)27-21(23)26-18/h3-4,11-12H,5-10H2,1-2H3,(H,25,30)(H2,23,26,27). The van der Waals surface area contributed by atoms with Crippen LogP contribution in [0, 0.1) is 6.92 Å². The number of anilines is 3. The minimum absolute atomic E-state index is 0.220. The Morgan fingerprint density at radius 1 is 1.24 bits per heavy atom. The van der Waals surface area contributed by atoms with Gasteiger partial charge in [0.2, 0.25) is 11.8 Å². The lowest BCUT2D eigenvalue weighted by Crippen LogP contribution is -2.47. The molecule has 2 aromatic heterocycles. The van der Waals surface area contributed by atoms with Crippen LogP contribution < -0.4 is 20.7 Å². The normalized spacial score (nSPS) is 16.3. The molecule has 0 radical (unpaired) electrons. The Morgan fingerprint density at radius 2 is 2.06 bits per heavy atom. The van der Waals surface area contributed by atoms with Crippen molar-refractivity contribution in [2.45, 2.75) is 6.92 Å². The fourth-order valence-electron chi connectivity index (χ4n) is 3.97. The van der Waals surface area contributed by atoms with Crippen LogP contribution >= 0.6 is 11.3 Å². The third-order valence-electron chi connectivity index (χ3n) is 5.67. The predicted octanol–water partition coefficient (Wildman–Crippen LogP) is 2.65. The fourth-order valence-corrected chi connectivity index (χ4v) is 4.88. The van der Waals surface area contributed by atoms with Crippen LogP contribution in [0.2, 0.25) is 0 Å². The molecule has 0 atom stereocenters. The van der Waals surface area contributed by atoms with Crippen molar-refractivity contribution >= 4 is 51.0 Å². The van der Waals surface area contributed by atoms with Crippen LogP contribution in [0.4, 0.5) is 22.2 Å². The van der Waals surface area contributed by atoms with Crippen molar-refractivity contribution in [1.82, 2.24) is 15.0 Å². The van der Waals surface area contributed by atoms with Gasteiger partial charge in [-0.25, -0.2) is 14.8 Å². The number of piperazine rings is 1. The number of rotatable bonds is 5. The van der Waals surface area contributed by atoms with E-state index in [0.29, 0.717) is 50.9 Å². The highest BCUT2D eigenvalue weighted by Crippen LogP contribution is 2.34. The second kappa shape index (κ2) is 9.31. The Hall–Kier alpha value is -3.64. The molecule has 0 aliphatic carbocycles. The van der Waals surface area contributed by atoms with Crippen molar-refractivity contribution in [2.24, 2.45) is 4.99 Å². The Bertz CT molecular complexity index is 1250. The summed E-state index contributed by atoms with van der Waals surface area (Å²) in [7, 11) is 1.60. The fraction of sp³-hybridized carbons (Fsp3) is 0.364. The van der Waals surface area contributed by atoms with Crippen molar-refractivity contribution < 1.29 is 19.1 Å². The highest BCUT2D eigenvalue weighted by Gasteiger charge is 2.27. The molecule has 5 rings (SSSR count). The molecule has 3 aromatic rings. The molecular weight excluding hydrogens is 458 g/mol. The van der Waals surface area contributed by atoms with Crippen LogP contribution in [0.3, 0.4) is 0 Å². The van der Waals surface area contributed by atoms with Crippen LogP contribution in [0.25, 0.3) is 10.2 Å². The Balaban J connectivity index is 1.26. The first-order valence-corrected chi connectivity index (χ1v) is 11.8. The molecule has 12 heteroatoms. The van der Waals surface area contributed by atoms with Gasteiger partial charge < -0.3 is 24.9 Å². The van der Waals surface area contributed by atoms with E-state index < -0.39 is 6.09 Å². The van der Waals surface area contributed by atoms with E-state index in [2.05, 4.69) is 25.2 Å². The molecule has 178 valence electrons. The first kappa shape index (κ1) is 22.2. The predicted molar refractivity (Wildman–Crippen MR) is 131 cm³/mol. The average Bonchev–Trinajstić information content (AvgIpc) is 3.50. The number of methoxy groups -OCH3 is 1. The third kappa shape index (κ3) is 4.41. The number of nitrogens with one attached hydrogen (secondary N) is 1. The van der Waals surface area contributed by atoms with Crippen LogP contribution in [0.15, 0.2) is 28.6 Å². The lowest BCUT2D eigenvalue weighted by Gasteiger charge is -2.34. The molecular formula is C22H25N7O4S. The van der Waals surface area contributed by atoms with E-state index in [1.54, 1.807) is 24.3 Å². The first-order valence-electron chi connectivity index (χ1n) is 10.9. The van der Waals surface area contributed by atoms with Gasteiger partial charge in [0.1, 0.15) is 23.0 Å². The molecule has 1 fully saturated rings. The van der Waals surface area contributed by atoms with Crippen LogP contribution in [-0.4, -0.2) is 73.5 Å². The summed E-state index contributed by atoms with van der Waals surface area (Å²) in [6.45, 7) is 5.34. The number of amides is 1. The number of aryl methyl sites for hydroxylation is 1. The van der Waals surface area contributed by atoms with Gasteiger partial charge in [-0.3, -0.25) is 5.32 Å². The number of thiophene rings is 1. The molecule has 3 N–H and O–H groups in total. The van der Waals surface area contributed by atoms with Gasteiger partial charge >= 0.3 is 6.09 Å². The molecule has 1 saturated heterocycles. The number of benzene rings is 1. The van der Waals surface area contributed by atoms with Crippen LogP contribution in [-0.2, 0) is 9.57 Å². The molecule has 2 aliphatic rings. The number of hydroxylamine groups is 2. The molecule has 34 heavy (non-hydrogen) atoms. The maximum Gasteiger partial charge on any atom is 0.430 e. The Labute approximate surface area is 200 Å². The number of nitrogens with two attached hydrogens (primary N) is 1. The number of nitrogen functional groups attached to an aromatic ring is 1. The topological polar surface area (TPSA) is 127 Å². The molecule has 11 nitrogen and oxygen atoms in total. The number of carbonyl (C=O) groups is 1. The highest BCUT2D eigenvalue weighted by molar-refractivity contribution is 7.17. The van der Waals surface area contributed by atoms with Gasteiger partial charge in [-0.15, -0.1) is 16.4 Å². The molecule has 1 aromatic carbocycles. The number of hydrogen-bond acceptors (Lipinski definition) is 11. The molecule has 0 spiro atoms. The molecule has 2 aliphatic heterocycles. The van der Waals surface area contributed by atoms with Gasteiger partial charge in [0, 0.05) is 24.2 Å². The van der Waals surface area contributed by atoms with E-state index in [0.717, 1.165) is 32.9 Å². The Morgan fingerprint density at radius 3 is 2.76 bits per heavy atom. The molecule has 0 unspecified atom stereocenters. The second-order valence-electron chi connectivity index (χ2n) is 7.87. The van der Waals surface area contributed by atoms with Gasteiger partial charge in [-0.2, -0.15) is 4.98 Å². The van der Waals surface area contributed by atoms with Crippen molar-refractivity contribution in [3.63, 3.8) is 0 Å². The molecule has 0 bridgehead atoms. The number of aromatic nitrogens is 2. The van der Waals surface area contributed by atoms with Crippen molar-refractivity contribution in [1.29, 1.82) is 0 Å². The van der Waals surface area contributed by atoms with Gasteiger partial charge in [-0.05, 0) is 30.7 Å². The molecule has 4 heterocycles. The molecule has 1 amide bonds. The van der Waals surface area contributed by atoms with Gasteiger partial charge in [0.15, 0.2) is 0 Å². The van der Waals surface area contributed by atoms with Gasteiger partial charge in [-0.1, -0.05) is 0 Å². The summed E-state index contributed by atoms with van der Waals surface area (Å²) in [5.41, 5.74) is 8.44. The van der Waals surface area contributed by atoms with E-state index in [1.165, 1.54) is 11.3 Å². The number of carbonyl (C=O) groups excluding carboxylic acids is 1. The van der Waals surface area contributed by atoms with Crippen LogP contribution in [0.1, 0.15) is 11.1 Å². The summed E-state index contributed by atoms with van der Waals surface area (Å²) in [5.74, 6) is 2.31. The first-order chi connectivity index (χ1) is 16.5. The maximum absolute atomic E-state index is 12.4. The maximum atomic E-state index is 12.4. The SMILES string of the molecule is COc1ccc(NC(=O)ON2CCN(c3nc(N)nc4scc(C5=NCCO5)c34)CC2)c(C)c1.